The van der Waals surface area contributed by atoms with Crippen LogP contribution in [0.2, 0.25) is 5.02 Å². The number of anilines is 1. The molecular weight excluding hydrogens is 340 g/mol. The van der Waals surface area contributed by atoms with Crippen molar-refractivity contribution in [2.45, 2.75) is 13.8 Å². The number of benzene rings is 1. The van der Waals surface area contributed by atoms with Gasteiger partial charge in [0, 0.05) is 22.0 Å². The molecule has 0 bridgehead atoms. The lowest BCUT2D eigenvalue weighted by molar-refractivity contribution is 0.102. The lowest BCUT2D eigenvalue weighted by atomic mass is 10.2. The highest BCUT2D eigenvalue weighted by molar-refractivity contribution is 6.30. The number of aromatic nitrogens is 4. The van der Waals surface area contributed by atoms with E-state index in [4.69, 9.17) is 11.6 Å². The molecule has 124 valence electrons. The van der Waals surface area contributed by atoms with Gasteiger partial charge in [0.1, 0.15) is 11.6 Å². The third kappa shape index (κ3) is 3.49. The molecule has 0 saturated heterocycles. The van der Waals surface area contributed by atoms with Crippen LogP contribution < -0.4 is 5.32 Å². The first-order chi connectivity index (χ1) is 12.0. The van der Waals surface area contributed by atoms with E-state index in [1.54, 1.807) is 24.3 Å². The van der Waals surface area contributed by atoms with E-state index in [0.29, 0.717) is 10.6 Å². The van der Waals surface area contributed by atoms with Gasteiger partial charge in [-0.1, -0.05) is 11.6 Å². The van der Waals surface area contributed by atoms with Crippen LogP contribution in [-0.2, 0) is 0 Å². The minimum atomic E-state index is -0.390. The van der Waals surface area contributed by atoms with E-state index in [1.807, 2.05) is 26.0 Å². The monoisotopic (exact) mass is 352 g/mol. The number of carbonyl (C=O) groups excluding carboxylic acids is 1. The van der Waals surface area contributed by atoms with Gasteiger partial charge in [-0.15, -0.1) is 0 Å². The molecule has 0 saturated carbocycles. The van der Waals surface area contributed by atoms with E-state index in [-0.39, 0.29) is 23.2 Å². The maximum atomic E-state index is 12.5. The van der Waals surface area contributed by atoms with Crippen LogP contribution in [0.4, 0.5) is 5.82 Å². The summed E-state index contributed by atoms with van der Waals surface area (Å²) in [6.45, 7) is 3.66. The highest BCUT2D eigenvalue weighted by atomic mass is 35.5. The normalized spacial score (nSPS) is 10.3. The molecule has 3 aromatic rings. The largest absolute Gasteiger partial charge is 0.305 e. The first kappa shape index (κ1) is 16.6. The Kier molecular flexibility index (Phi) is 4.46. The first-order valence-electron chi connectivity index (χ1n) is 7.35. The number of amides is 1. The van der Waals surface area contributed by atoms with Gasteiger partial charge < -0.3 is 5.32 Å². The number of nitriles is 1. The van der Waals surface area contributed by atoms with Gasteiger partial charge in [-0.25, -0.2) is 9.97 Å². The minimum Gasteiger partial charge on any atom is -0.305 e. The van der Waals surface area contributed by atoms with E-state index in [1.165, 1.54) is 10.9 Å². The van der Waals surface area contributed by atoms with Crippen LogP contribution >= 0.6 is 11.6 Å². The van der Waals surface area contributed by atoms with E-state index in [9.17, 15) is 10.1 Å². The number of aryl methyl sites for hydroxylation is 2. The Morgan fingerprint density at radius 1 is 1.20 bits per heavy atom. The molecule has 1 N–H and O–H groups in total. The van der Waals surface area contributed by atoms with Gasteiger partial charge in [-0.2, -0.15) is 15.0 Å². The Morgan fingerprint density at radius 3 is 2.44 bits per heavy atom. The van der Waals surface area contributed by atoms with Crippen LogP contribution in [0.5, 0.6) is 0 Å². The zero-order valence-electron chi connectivity index (χ0n) is 13.5. The van der Waals surface area contributed by atoms with Crippen molar-refractivity contribution in [1.29, 1.82) is 5.26 Å². The zero-order valence-corrected chi connectivity index (χ0v) is 14.2. The zero-order chi connectivity index (χ0) is 18.0. The van der Waals surface area contributed by atoms with Crippen molar-refractivity contribution < 1.29 is 4.79 Å². The van der Waals surface area contributed by atoms with Crippen molar-refractivity contribution in [3.05, 3.63) is 64.1 Å². The lowest BCUT2D eigenvalue weighted by Gasteiger charge is -2.09. The summed E-state index contributed by atoms with van der Waals surface area (Å²) < 4.78 is 1.34. The molecule has 0 unspecified atom stereocenters. The highest BCUT2D eigenvalue weighted by Crippen LogP contribution is 2.19. The molecule has 8 heteroatoms. The molecule has 0 aliphatic heterocycles. The Morgan fingerprint density at radius 2 is 1.84 bits per heavy atom. The molecule has 7 nitrogen and oxygen atoms in total. The second kappa shape index (κ2) is 6.71. The Bertz CT molecular complexity index is 967. The molecule has 2 heterocycles. The number of rotatable bonds is 3. The fourth-order valence-electron chi connectivity index (χ4n) is 2.29. The van der Waals surface area contributed by atoms with Gasteiger partial charge in [0.15, 0.2) is 5.82 Å². The van der Waals surface area contributed by atoms with Crippen molar-refractivity contribution in [3.8, 4) is 12.0 Å². The van der Waals surface area contributed by atoms with Crippen molar-refractivity contribution in [2.75, 3.05) is 5.32 Å². The third-order valence-electron chi connectivity index (χ3n) is 3.39. The molecule has 0 fully saturated rings. The van der Waals surface area contributed by atoms with Crippen molar-refractivity contribution in [3.63, 3.8) is 0 Å². The summed E-state index contributed by atoms with van der Waals surface area (Å²) in [5, 5.41) is 16.7. The van der Waals surface area contributed by atoms with E-state index in [0.717, 1.165) is 11.4 Å². The maximum Gasteiger partial charge on any atom is 0.256 e. The predicted molar refractivity (Wildman–Crippen MR) is 92.7 cm³/mol. The maximum absolute atomic E-state index is 12.5. The van der Waals surface area contributed by atoms with Gasteiger partial charge in [-0.05, 0) is 44.2 Å². The first-order valence-corrected chi connectivity index (χ1v) is 7.73. The molecule has 2 aromatic heterocycles. The molecule has 0 aliphatic rings. The topological polar surface area (TPSA) is 96.5 Å². The van der Waals surface area contributed by atoms with Crippen molar-refractivity contribution in [2.24, 2.45) is 0 Å². The summed E-state index contributed by atoms with van der Waals surface area (Å²) in [5.41, 5.74) is 2.13. The smallest absolute Gasteiger partial charge is 0.256 e. The number of hydrogen-bond acceptors (Lipinski definition) is 5. The number of carbonyl (C=O) groups is 1. The molecule has 0 atom stereocenters. The van der Waals surface area contributed by atoms with Gasteiger partial charge in [-0.3, -0.25) is 4.79 Å². The summed E-state index contributed by atoms with van der Waals surface area (Å²) in [6.07, 6.45) is 1.36. The standard InChI is InChI=1S/C17H13ClN6O/c1-10-7-11(2)22-17(21-10)24-15(13(8-19)9-20-24)23-16(25)12-3-5-14(18)6-4-12/h3-7,9H,1-2H3,(H,23,25). The molecular formula is C17H13ClN6O. The van der Waals surface area contributed by atoms with Crippen LogP contribution in [0.1, 0.15) is 27.3 Å². The average molecular weight is 353 g/mol. The predicted octanol–water partition coefficient (Wildman–Crippen LogP) is 3.06. The summed E-state index contributed by atoms with van der Waals surface area (Å²) in [7, 11) is 0. The van der Waals surface area contributed by atoms with Crippen molar-refractivity contribution >= 4 is 23.3 Å². The summed E-state index contributed by atoms with van der Waals surface area (Å²) in [6, 6.07) is 10.3. The minimum absolute atomic E-state index is 0.213. The fraction of sp³-hybridized carbons (Fsp3) is 0.118. The van der Waals surface area contributed by atoms with Crippen LogP contribution in [0.15, 0.2) is 36.5 Å². The third-order valence-corrected chi connectivity index (χ3v) is 3.64. The quantitative estimate of drug-likeness (QED) is 0.781. The van der Waals surface area contributed by atoms with E-state index < -0.39 is 0 Å². The number of halogens is 1. The SMILES string of the molecule is Cc1cc(C)nc(-n2ncc(C#N)c2NC(=O)c2ccc(Cl)cc2)n1. The average Bonchev–Trinajstić information content (AvgIpc) is 2.97. The summed E-state index contributed by atoms with van der Waals surface area (Å²) >= 11 is 5.84. The van der Waals surface area contributed by atoms with Gasteiger partial charge in [0.25, 0.3) is 11.9 Å². The number of nitrogens with one attached hydrogen (secondary N) is 1. The Labute approximate surface area is 148 Å². The fourth-order valence-corrected chi connectivity index (χ4v) is 2.41. The van der Waals surface area contributed by atoms with Crippen LogP contribution in [0, 0.1) is 25.2 Å². The van der Waals surface area contributed by atoms with Crippen LogP contribution in [0.25, 0.3) is 5.95 Å². The Balaban J connectivity index is 2.01. The van der Waals surface area contributed by atoms with Crippen LogP contribution in [-0.4, -0.2) is 25.7 Å². The molecule has 0 spiro atoms. The van der Waals surface area contributed by atoms with Crippen LogP contribution in [0.3, 0.4) is 0 Å². The van der Waals surface area contributed by atoms with Gasteiger partial charge >= 0.3 is 0 Å². The molecule has 0 aliphatic carbocycles. The summed E-state index contributed by atoms with van der Waals surface area (Å²) in [5.74, 6) is 0.108. The van der Waals surface area contributed by atoms with Crippen molar-refractivity contribution in [1.82, 2.24) is 19.7 Å². The second-order valence-electron chi connectivity index (χ2n) is 5.34. The van der Waals surface area contributed by atoms with Gasteiger partial charge in [0.2, 0.25) is 0 Å². The van der Waals surface area contributed by atoms with E-state index in [2.05, 4.69) is 20.4 Å². The lowest BCUT2D eigenvalue weighted by Crippen LogP contribution is -2.17. The molecule has 3 rings (SSSR count). The molecule has 1 amide bonds. The van der Waals surface area contributed by atoms with E-state index >= 15 is 0 Å². The number of nitrogens with zero attached hydrogens (tertiary/aromatic N) is 5. The summed E-state index contributed by atoms with van der Waals surface area (Å²) in [4.78, 5) is 21.1. The van der Waals surface area contributed by atoms with Gasteiger partial charge in [0.05, 0.1) is 6.20 Å². The second-order valence-corrected chi connectivity index (χ2v) is 5.78. The molecule has 25 heavy (non-hydrogen) atoms. The molecule has 0 radical (unpaired) electrons. The highest BCUT2D eigenvalue weighted by Gasteiger charge is 2.18. The Hall–Kier alpha value is -3.24. The number of hydrogen-bond donors (Lipinski definition) is 1. The molecule has 1 aromatic carbocycles.